The Morgan fingerprint density at radius 3 is 2.83 bits per heavy atom. The summed E-state index contributed by atoms with van der Waals surface area (Å²) < 4.78 is 0. The van der Waals surface area contributed by atoms with Crippen molar-refractivity contribution in [1.82, 2.24) is 5.32 Å². The maximum atomic E-state index is 10.8. The molecule has 1 aromatic rings. The van der Waals surface area contributed by atoms with Gasteiger partial charge in [0.1, 0.15) is 5.02 Å². The van der Waals surface area contributed by atoms with Crippen LogP contribution in [0.3, 0.4) is 0 Å². The van der Waals surface area contributed by atoms with E-state index >= 15 is 0 Å². The fourth-order valence-corrected chi connectivity index (χ4v) is 2.30. The van der Waals surface area contributed by atoms with E-state index in [4.69, 9.17) is 11.6 Å². The van der Waals surface area contributed by atoms with Crippen LogP contribution in [-0.4, -0.2) is 24.6 Å². The molecule has 0 aromatic heterocycles. The van der Waals surface area contributed by atoms with Gasteiger partial charge in [-0.3, -0.25) is 10.1 Å². The average molecular weight is 270 g/mol. The maximum Gasteiger partial charge on any atom is 0.289 e. The molecule has 0 atom stereocenters. The van der Waals surface area contributed by atoms with Crippen molar-refractivity contribution < 1.29 is 4.92 Å². The van der Waals surface area contributed by atoms with Gasteiger partial charge >= 0.3 is 0 Å². The van der Waals surface area contributed by atoms with Crippen molar-refractivity contribution in [3.05, 3.63) is 33.3 Å². The highest BCUT2D eigenvalue weighted by Gasteiger charge is 2.15. The number of nitro groups is 1. The number of benzene rings is 1. The molecule has 0 bridgehead atoms. The van der Waals surface area contributed by atoms with Gasteiger partial charge in [-0.2, -0.15) is 0 Å². The van der Waals surface area contributed by atoms with Crippen LogP contribution in [0.25, 0.3) is 0 Å². The van der Waals surface area contributed by atoms with Crippen LogP contribution in [0.4, 0.5) is 11.4 Å². The zero-order chi connectivity index (χ0) is 13.0. The molecule has 1 aliphatic rings. The Labute approximate surface area is 111 Å². The third kappa shape index (κ3) is 3.34. The van der Waals surface area contributed by atoms with Gasteiger partial charge in [0, 0.05) is 18.3 Å². The Balaban J connectivity index is 1.96. The number of hydrogen-bond acceptors (Lipinski definition) is 4. The Morgan fingerprint density at radius 1 is 1.44 bits per heavy atom. The molecule has 0 amide bonds. The van der Waals surface area contributed by atoms with Crippen LogP contribution >= 0.6 is 11.6 Å². The van der Waals surface area contributed by atoms with E-state index < -0.39 is 4.92 Å². The molecule has 0 radical (unpaired) electrons. The molecule has 1 fully saturated rings. The number of halogens is 1. The van der Waals surface area contributed by atoms with Crippen molar-refractivity contribution in [3.8, 4) is 0 Å². The first kappa shape index (κ1) is 13.1. The van der Waals surface area contributed by atoms with Gasteiger partial charge in [0.15, 0.2) is 0 Å². The number of nitro benzene ring substituents is 1. The zero-order valence-electron chi connectivity index (χ0n) is 9.99. The van der Waals surface area contributed by atoms with Gasteiger partial charge in [-0.1, -0.05) is 11.6 Å². The number of piperidine rings is 1. The highest BCUT2D eigenvalue weighted by atomic mass is 35.5. The molecule has 0 saturated carbocycles. The molecule has 0 unspecified atom stereocenters. The van der Waals surface area contributed by atoms with Crippen molar-refractivity contribution >= 4 is 23.0 Å². The molecule has 1 saturated heterocycles. The number of hydrogen-bond donors (Lipinski definition) is 2. The number of anilines is 1. The molecule has 2 rings (SSSR count). The molecule has 2 N–H and O–H groups in total. The molecule has 1 aromatic carbocycles. The van der Waals surface area contributed by atoms with Crippen molar-refractivity contribution in [2.24, 2.45) is 5.92 Å². The van der Waals surface area contributed by atoms with Gasteiger partial charge in [-0.15, -0.1) is 0 Å². The van der Waals surface area contributed by atoms with E-state index in [9.17, 15) is 10.1 Å². The Kier molecular flexibility index (Phi) is 4.38. The summed E-state index contributed by atoms with van der Waals surface area (Å²) in [6, 6.07) is 4.82. The van der Waals surface area contributed by atoms with E-state index in [1.165, 1.54) is 6.07 Å². The van der Waals surface area contributed by atoms with E-state index in [0.717, 1.165) is 38.2 Å². The summed E-state index contributed by atoms with van der Waals surface area (Å²) >= 11 is 5.76. The molecular weight excluding hydrogens is 254 g/mol. The van der Waals surface area contributed by atoms with Crippen LogP contribution in [-0.2, 0) is 0 Å². The molecule has 1 heterocycles. The molecule has 5 nitrogen and oxygen atoms in total. The summed E-state index contributed by atoms with van der Waals surface area (Å²) in [4.78, 5) is 10.3. The minimum Gasteiger partial charge on any atom is -0.385 e. The highest BCUT2D eigenvalue weighted by molar-refractivity contribution is 6.32. The fourth-order valence-electron chi connectivity index (χ4n) is 2.11. The van der Waals surface area contributed by atoms with Crippen LogP contribution in [0.2, 0.25) is 5.02 Å². The second-order valence-electron chi connectivity index (χ2n) is 4.50. The highest BCUT2D eigenvalue weighted by Crippen LogP contribution is 2.27. The lowest BCUT2D eigenvalue weighted by Gasteiger charge is -2.23. The molecule has 0 spiro atoms. The summed E-state index contributed by atoms with van der Waals surface area (Å²) in [6.45, 7) is 2.95. The summed E-state index contributed by atoms with van der Waals surface area (Å²) in [5, 5.41) is 17.5. The SMILES string of the molecule is O=[N+]([O-])c1cc(NCC2CCNCC2)ccc1Cl. The van der Waals surface area contributed by atoms with Gasteiger partial charge < -0.3 is 10.6 Å². The van der Waals surface area contributed by atoms with E-state index in [-0.39, 0.29) is 10.7 Å². The first-order valence-electron chi connectivity index (χ1n) is 6.05. The minimum absolute atomic E-state index is 0.0491. The normalized spacial score (nSPS) is 16.5. The number of nitrogens with zero attached hydrogens (tertiary/aromatic N) is 1. The molecule has 98 valence electrons. The molecule has 6 heteroatoms. The molecular formula is C12H16ClN3O2. The van der Waals surface area contributed by atoms with Crippen LogP contribution in [0.5, 0.6) is 0 Å². The lowest BCUT2D eigenvalue weighted by atomic mass is 9.98. The zero-order valence-corrected chi connectivity index (χ0v) is 10.7. The molecule has 1 aliphatic heterocycles. The van der Waals surface area contributed by atoms with Crippen molar-refractivity contribution in [3.63, 3.8) is 0 Å². The van der Waals surface area contributed by atoms with Crippen LogP contribution < -0.4 is 10.6 Å². The fraction of sp³-hybridized carbons (Fsp3) is 0.500. The van der Waals surface area contributed by atoms with Crippen LogP contribution in [0, 0.1) is 16.0 Å². The topological polar surface area (TPSA) is 67.2 Å². The smallest absolute Gasteiger partial charge is 0.289 e. The summed E-state index contributed by atoms with van der Waals surface area (Å²) in [5.74, 6) is 0.626. The van der Waals surface area contributed by atoms with Crippen molar-refractivity contribution in [2.45, 2.75) is 12.8 Å². The van der Waals surface area contributed by atoms with E-state index in [1.54, 1.807) is 12.1 Å². The Bertz CT molecular complexity index is 433. The quantitative estimate of drug-likeness (QED) is 0.651. The lowest BCUT2D eigenvalue weighted by molar-refractivity contribution is -0.384. The standard InChI is InChI=1S/C12H16ClN3O2/c13-11-2-1-10(7-12(11)16(17)18)15-8-9-3-5-14-6-4-9/h1-2,7,9,14-15H,3-6,8H2. The first-order valence-corrected chi connectivity index (χ1v) is 6.43. The van der Waals surface area contributed by atoms with Gasteiger partial charge in [-0.25, -0.2) is 0 Å². The Morgan fingerprint density at radius 2 is 2.17 bits per heavy atom. The summed E-state index contributed by atoms with van der Waals surface area (Å²) in [6.07, 6.45) is 2.28. The second kappa shape index (κ2) is 6.02. The van der Waals surface area contributed by atoms with Crippen molar-refractivity contribution in [2.75, 3.05) is 25.0 Å². The van der Waals surface area contributed by atoms with Crippen LogP contribution in [0.1, 0.15) is 12.8 Å². The Hall–Kier alpha value is -1.33. The molecule has 18 heavy (non-hydrogen) atoms. The predicted octanol–water partition coefficient (Wildman–Crippen LogP) is 2.66. The van der Waals surface area contributed by atoms with E-state index in [2.05, 4.69) is 10.6 Å². The third-order valence-electron chi connectivity index (χ3n) is 3.20. The van der Waals surface area contributed by atoms with Gasteiger partial charge in [-0.05, 0) is 44.0 Å². The second-order valence-corrected chi connectivity index (χ2v) is 4.90. The minimum atomic E-state index is -0.460. The molecule has 0 aliphatic carbocycles. The number of nitrogens with one attached hydrogen (secondary N) is 2. The summed E-state index contributed by atoms with van der Waals surface area (Å²) in [7, 11) is 0. The lowest BCUT2D eigenvalue weighted by Crippen LogP contribution is -2.31. The number of rotatable bonds is 4. The average Bonchev–Trinajstić information content (AvgIpc) is 2.38. The largest absolute Gasteiger partial charge is 0.385 e. The van der Waals surface area contributed by atoms with Gasteiger partial charge in [0.05, 0.1) is 4.92 Å². The first-order chi connectivity index (χ1) is 8.66. The van der Waals surface area contributed by atoms with E-state index in [0.29, 0.717) is 5.92 Å². The monoisotopic (exact) mass is 269 g/mol. The van der Waals surface area contributed by atoms with Gasteiger partial charge in [0.2, 0.25) is 0 Å². The van der Waals surface area contributed by atoms with Gasteiger partial charge in [0.25, 0.3) is 5.69 Å². The van der Waals surface area contributed by atoms with Crippen molar-refractivity contribution in [1.29, 1.82) is 0 Å². The maximum absolute atomic E-state index is 10.8. The summed E-state index contributed by atoms with van der Waals surface area (Å²) in [5.41, 5.74) is 0.705. The predicted molar refractivity (Wildman–Crippen MR) is 72.2 cm³/mol. The van der Waals surface area contributed by atoms with Crippen LogP contribution in [0.15, 0.2) is 18.2 Å². The van der Waals surface area contributed by atoms with E-state index in [1.807, 2.05) is 0 Å². The third-order valence-corrected chi connectivity index (χ3v) is 3.52.